The van der Waals surface area contributed by atoms with E-state index in [9.17, 15) is 4.79 Å². The first-order valence-electron chi connectivity index (χ1n) is 22.9. The van der Waals surface area contributed by atoms with Gasteiger partial charge in [0.05, 0.1) is 149 Å². The van der Waals surface area contributed by atoms with Crippen molar-refractivity contribution in [2.75, 3.05) is 126 Å². The molecule has 0 saturated carbocycles. The van der Waals surface area contributed by atoms with Crippen LogP contribution < -0.4 is 5.32 Å². The number of ether oxygens (including phenoxy) is 10. The van der Waals surface area contributed by atoms with Crippen LogP contribution in [0.5, 0.6) is 0 Å². The van der Waals surface area contributed by atoms with Crippen molar-refractivity contribution in [3.63, 3.8) is 0 Å². The molecular weight excluding hydrogens is 1020 g/mol. The number of hydrogen-bond donors (Lipinski definition) is 3. The first kappa shape index (κ1) is 64.8. The average molecular weight is 1090 g/mol. The van der Waals surface area contributed by atoms with Crippen molar-refractivity contribution in [3.8, 4) is 6.07 Å². The largest absolute Gasteiger partial charge is 0.661 e. The van der Waals surface area contributed by atoms with Crippen molar-refractivity contribution in [1.82, 2.24) is 30.1 Å². The van der Waals surface area contributed by atoms with Gasteiger partial charge in [0.1, 0.15) is 17.8 Å². The van der Waals surface area contributed by atoms with Crippen LogP contribution in [0.2, 0.25) is 0 Å². The van der Waals surface area contributed by atoms with Crippen LogP contribution in [0.4, 0.5) is 5.82 Å². The fourth-order valence-corrected chi connectivity index (χ4v) is 6.25. The summed E-state index contributed by atoms with van der Waals surface area (Å²) in [5.74, 6) is 0.681. The van der Waals surface area contributed by atoms with E-state index in [2.05, 4.69) is 36.9 Å². The first-order valence-corrected chi connectivity index (χ1v) is 24.6. The van der Waals surface area contributed by atoms with Crippen LogP contribution >= 0.6 is 20.2 Å². The van der Waals surface area contributed by atoms with Gasteiger partial charge < -0.3 is 77.3 Å². The third-order valence-corrected chi connectivity index (χ3v) is 9.66. The minimum atomic E-state index is -2.02. The van der Waals surface area contributed by atoms with Gasteiger partial charge >= 0.3 is 0 Å². The number of nitrogens with one attached hydrogen (secondary N) is 1. The van der Waals surface area contributed by atoms with Crippen molar-refractivity contribution in [1.29, 1.82) is 5.26 Å². The van der Waals surface area contributed by atoms with Crippen molar-refractivity contribution >= 4 is 31.8 Å². The van der Waals surface area contributed by atoms with E-state index in [0.717, 1.165) is 42.8 Å². The Bertz CT molecular complexity index is 1720. The molecule has 2 unspecified atom stereocenters. The molecule has 0 bridgehead atoms. The maximum absolute atomic E-state index is 10.8. The van der Waals surface area contributed by atoms with Crippen molar-refractivity contribution in [3.05, 3.63) is 69.2 Å². The van der Waals surface area contributed by atoms with Crippen LogP contribution in [0, 0.1) is 11.3 Å². The smallest absolute Gasteiger partial charge is 0.192 e. The van der Waals surface area contributed by atoms with Crippen LogP contribution in [-0.2, 0) is 111 Å². The zero-order valence-corrected chi connectivity index (χ0v) is 45.2. The standard InChI is InChI=1S/C31H49N5O9.C11H18ClN4O4P.C2H6.Y/c1-28(37)6-9-38-12-15-41-18-19-43-17-14-40-11-8-36-26-31(34-35-36)27-45-23-22-44-21-20-42-16-13-39-10-7-33-25-30-4-2-29(24-32)3-5-30;1-13-4-8-5-14-16(11(8)15-12)10-3-2-9(20-10)6-19-7-21(17)18;1-2;/h2-5,26,33H,6-23,25,27H2,1H3;5,9-10,17-18H,2-4,6-7H2,1H3;1-2H3;/q;-2;;. The number of Topliss-reactive ketones (excluding diaryl/α,β-unsaturated/α-hetero) is 1. The number of rotatable bonds is 39. The van der Waals surface area contributed by atoms with Gasteiger partial charge in [-0.15, -0.1) is 23.4 Å². The minimum absolute atomic E-state index is 0. The molecule has 22 nitrogen and oxygen atoms in total. The van der Waals surface area contributed by atoms with E-state index in [4.69, 9.17) is 74.2 Å². The Morgan fingerprint density at radius 3 is 2.01 bits per heavy atom. The maximum atomic E-state index is 10.8. The molecule has 2 aromatic heterocycles. The van der Waals surface area contributed by atoms with Crippen LogP contribution in [0.15, 0.2) is 36.7 Å². The quantitative estimate of drug-likeness (QED) is 0.0497. The summed E-state index contributed by atoms with van der Waals surface area (Å²) in [4.78, 5) is 32.1. The number of benzene rings is 1. The molecule has 2 atom stereocenters. The summed E-state index contributed by atoms with van der Waals surface area (Å²) in [6, 6.07) is 9.64. The molecule has 0 aliphatic carbocycles. The summed E-state index contributed by atoms with van der Waals surface area (Å²) < 4.78 is 58.3. The van der Waals surface area contributed by atoms with Gasteiger partial charge in [-0.3, -0.25) is 9.89 Å². The van der Waals surface area contributed by atoms with Crippen molar-refractivity contribution in [2.24, 2.45) is 0 Å². The number of carbonyl (C=O) groups is 1. The zero-order valence-electron chi connectivity index (χ0n) is 40.7. The summed E-state index contributed by atoms with van der Waals surface area (Å²) in [6.07, 6.45) is 5.12. The fraction of sp³-hybridized carbons (Fsp3) is 0.705. The SMILES string of the molecule is CC.CC(=O)CCOCCOCCOCCOCCn1cc(COCCOCCOCCOCCNCc2ccc(C#N)cc2)nn1.C[N-]Cc1cnn(C2CCC(COCP(O)O)O2)c1[N-]Cl.[Y]. The molecule has 1 fully saturated rings. The topological polar surface area (TPSA) is 262 Å². The Hall–Kier alpha value is -2.21. The number of halogens is 1. The molecule has 1 radical (unpaired) electrons. The molecule has 389 valence electrons. The van der Waals surface area contributed by atoms with E-state index in [1.54, 1.807) is 29.5 Å². The monoisotopic (exact) mass is 1090 g/mol. The predicted molar refractivity (Wildman–Crippen MR) is 254 cm³/mol. The van der Waals surface area contributed by atoms with Crippen LogP contribution in [0.3, 0.4) is 0 Å². The molecule has 3 N–H and O–H groups in total. The Morgan fingerprint density at radius 2 is 1.45 bits per heavy atom. The number of aromatic nitrogens is 5. The molecule has 0 amide bonds. The van der Waals surface area contributed by atoms with Gasteiger partial charge in [-0.1, -0.05) is 31.2 Å². The van der Waals surface area contributed by atoms with E-state index in [1.165, 1.54) is 0 Å². The number of hydrogen-bond acceptors (Lipinski definition) is 18. The van der Waals surface area contributed by atoms with Gasteiger partial charge in [-0.25, -0.2) is 4.68 Å². The molecule has 25 heteroatoms. The third kappa shape index (κ3) is 32.5. The van der Waals surface area contributed by atoms with Gasteiger partial charge in [0, 0.05) is 58.4 Å². The van der Waals surface area contributed by atoms with E-state index in [-0.39, 0.29) is 57.2 Å². The van der Waals surface area contributed by atoms with E-state index < -0.39 is 8.38 Å². The van der Waals surface area contributed by atoms with E-state index in [0.29, 0.717) is 143 Å². The molecule has 69 heavy (non-hydrogen) atoms. The van der Waals surface area contributed by atoms with Crippen LogP contribution in [-0.4, -0.2) is 172 Å². The first-order chi connectivity index (χ1) is 33.3. The summed E-state index contributed by atoms with van der Waals surface area (Å²) in [7, 11) is -0.308. The van der Waals surface area contributed by atoms with Crippen molar-refractivity contribution < 1.29 is 94.7 Å². The van der Waals surface area contributed by atoms with Gasteiger partial charge in [-0.2, -0.15) is 12.3 Å². The molecule has 0 spiro atoms. The van der Waals surface area contributed by atoms with Crippen LogP contribution in [0.1, 0.15) is 68.6 Å². The Balaban J connectivity index is 0.000000825. The molecule has 1 aromatic carbocycles. The maximum Gasteiger partial charge on any atom is 0.192 e. The normalized spacial score (nSPS) is 14.1. The van der Waals surface area contributed by atoms with Gasteiger partial charge in [0.25, 0.3) is 0 Å². The van der Waals surface area contributed by atoms with E-state index >= 15 is 0 Å². The molecule has 1 aliphatic rings. The van der Waals surface area contributed by atoms with E-state index in [1.807, 2.05) is 44.3 Å². The number of ketones is 1. The Morgan fingerprint density at radius 1 is 0.870 bits per heavy atom. The average Bonchev–Trinajstić information content (AvgIpc) is 4.12. The molecule has 4 rings (SSSR count). The van der Waals surface area contributed by atoms with Crippen LogP contribution in [0.25, 0.3) is 10.2 Å². The second kappa shape index (κ2) is 44.5. The molecule has 3 heterocycles. The third-order valence-electron chi connectivity index (χ3n) is 9.09. The second-order valence-corrected chi connectivity index (χ2v) is 15.6. The summed E-state index contributed by atoms with van der Waals surface area (Å²) in [6.45, 7) is 16.2. The molecule has 1 aliphatic heterocycles. The molecule has 1 saturated heterocycles. The number of carbonyl (C=O) groups excluding carboxylic acids is 1. The van der Waals surface area contributed by atoms with Gasteiger partial charge in [0.2, 0.25) is 0 Å². The minimum Gasteiger partial charge on any atom is -0.661 e. The molecule has 3 aromatic rings. The predicted octanol–water partition coefficient (Wildman–Crippen LogP) is 5.07. The summed E-state index contributed by atoms with van der Waals surface area (Å²) in [5.41, 5.74) is 3.39. The number of nitrogens with zero attached hydrogens (tertiary/aromatic N) is 8. The summed E-state index contributed by atoms with van der Waals surface area (Å²) in [5, 5.41) is 28.6. The fourth-order valence-electron chi connectivity index (χ4n) is 5.79. The van der Waals surface area contributed by atoms with Gasteiger partial charge in [-0.05, 0) is 48.8 Å². The Labute approximate surface area is 438 Å². The summed E-state index contributed by atoms with van der Waals surface area (Å²) >= 11 is 5.64. The van der Waals surface area contributed by atoms with Gasteiger partial charge in [0.15, 0.2) is 8.38 Å². The zero-order chi connectivity index (χ0) is 49.3. The number of nitriles is 1. The Kier molecular flexibility index (Phi) is 41.8. The molecular formula is C44H73ClN9O13PY-2. The van der Waals surface area contributed by atoms with Crippen molar-refractivity contribution in [2.45, 2.75) is 78.6 Å². The second-order valence-electron chi connectivity index (χ2n) is 14.4.